The van der Waals surface area contributed by atoms with Gasteiger partial charge in [-0.25, -0.2) is 4.98 Å². The van der Waals surface area contributed by atoms with E-state index < -0.39 is 0 Å². The van der Waals surface area contributed by atoms with Gasteiger partial charge in [-0.1, -0.05) is 57.4 Å². The summed E-state index contributed by atoms with van der Waals surface area (Å²) in [5, 5.41) is 12.2. The van der Waals surface area contributed by atoms with Crippen molar-refractivity contribution in [3.05, 3.63) is 27.0 Å². The molecule has 0 aliphatic heterocycles. The normalized spacial score (nSPS) is 16.1. The second-order valence-electron chi connectivity index (χ2n) is 7.90. The molecule has 4 rings (SSSR count). The minimum atomic E-state index is 0.0211. The number of halogens is 1. The van der Waals surface area contributed by atoms with Crippen molar-refractivity contribution in [2.45, 2.75) is 73.8 Å². The van der Waals surface area contributed by atoms with Gasteiger partial charge in [0.05, 0.1) is 14.4 Å². The predicted molar refractivity (Wildman–Crippen MR) is 118 cm³/mol. The second kappa shape index (κ2) is 7.97. The molecule has 0 bridgehead atoms. The standard InChI is InChI=1S/C19H23BrN4S3/c1-19(2,3)14-15(20)26-18(21-14)27-17-23-22-16(13-10-7-11-25-13)24(17)12-8-5-4-6-9-12/h7,10-12H,4-6,8-9H2,1-3H3. The summed E-state index contributed by atoms with van der Waals surface area (Å²) in [6, 6.07) is 4.71. The molecule has 0 aromatic carbocycles. The van der Waals surface area contributed by atoms with Crippen LogP contribution in [-0.2, 0) is 5.41 Å². The van der Waals surface area contributed by atoms with Crippen molar-refractivity contribution in [1.29, 1.82) is 0 Å². The number of rotatable bonds is 4. The van der Waals surface area contributed by atoms with Gasteiger partial charge in [-0.05, 0) is 52.0 Å². The maximum atomic E-state index is 4.89. The summed E-state index contributed by atoms with van der Waals surface area (Å²) in [6.07, 6.45) is 6.32. The minimum absolute atomic E-state index is 0.0211. The molecule has 0 N–H and O–H groups in total. The van der Waals surface area contributed by atoms with Gasteiger partial charge in [-0.2, -0.15) is 0 Å². The average Bonchev–Trinajstić information content (AvgIpc) is 3.35. The maximum absolute atomic E-state index is 4.89. The molecule has 0 radical (unpaired) electrons. The molecular formula is C19H23BrN4S3. The topological polar surface area (TPSA) is 43.6 Å². The average molecular weight is 484 g/mol. The Hall–Kier alpha value is -0.700. The summed E-state index contributed by atoms with van der Waals surface area (Å²) in [5.41, 5.74) is 1.13. The van der Waals surface area contributed by atoms with Gasteiger partial charge >= 0.3 is 0 Å². The Morgan fingerprint density at radius 3 is 2.59 bits per heavy atom. The van der Waals surface area contributed by atoms with Crippen molar-refractivity contribution in [3.8, 4) is 10.7 Å². The van der Waals surface area contributed by atoms with Crippen molar-refractivity contribution in [2.75, 3.05) is 0 Å². The van der Waals surface area contributed by atoms with Crippen LogP contribution in [0.15, 0.2) is 30.8 Å². The Bertz CT molecular complexity index is 902. The molecule has 144 valence electrons. The monoisotopic (exact) mass is 482 g/mol. The highest BCUT2D eigenvalue weighted by Gasteiger charge is 2.27. The Morgan fingerprint density at radius 1 is 1.19 bits per heavy atom. The van der Waals surface area contributed by atoms with Gasteiger partial charge in [0, 0.05) is 11.5 Å². The van der Waals surface area contributed by atoms with Crippen LogP contribution in [0.5, 0.6) is 0 Å². The molecule has 0 spiro atoms. The van der Waals surface area contributed by atoms with Crippen LogP contribution in [0.1, 0.15) is 64.6 Å². The van der Waals surface area contributed by atoms with Crippen LogP contribution in [0, 0.1) is 0 Å². The second-order valence-corrected chi connectivity index (χ2v) is 12.4. The van der Waals surface area contributed by atoms with Gasteiger partial charge < -0.3 is 0 Å². The molecule has 0 amide bonds. The number of thiophene rings is 1. The third-order valence-electron chi connectivity index (χ3n) is 4.80. The SMILES string of the molecule is CC(C)(C)c1nc(Sc2nnc(-c3cccs3)n2C2CCCCC2)sc1Br. The summed E-state index contributed by atoms with van der Waals surface area (Å²) < 4.78 is 4.51. The van der Waals surface area contributed by atoms with Crippen molar-refractivity contribution >= 4 is 50.4 Å². The molecule has 4 nitrogen and oxygen atoms in total. The molecule has 3 aromatic rings. The van der Waals surface area contributed by atoms with Crippen LogP contribution in [-0.4, -0.2) is 19.7 Å². The number of aromatic nitrogens is 4. The van der Waals surface area contributed by atoms with Gasteiger partial charge in [0.25, 0.3) is 0 Å². The fourth-order valence-electron chi connectivity index (χ4n) is 3.46. The Balaban J connectivity index is 1.70. The van der Waals surface area contributed by atoms with E-state index in [9.17, 15) is 0 Å². The lowest BCUT2D eigenvalue weighted by molar-refractivity contribution is 0.339. The van der Waals surface area contributed by atoms with Crippen molar-refractivity contribution in [1.82, 2.24) is 19.7 Å². The van der Waals surface area contributed by atoms with E-state index in [-0.39, 0.29) is 5.41 Å². The smallest absolute Gasteiger partial charge is 0.198 e. The van der Waals surface area contributed by atoms with E-state index in [1.807, 2.05) is 0 Å². The van der Waals surface area contributed by atoms with E-state index in [0.29, 0.717) is 6.04 Å². The fourth-order valence-corrected chi connectivity index (χ4v) is 7.71. The van der Waals surface area contributed by atoms with E-state index in [4.69, 9.17) is 4.98 Å². The molecular weight excluding hydrogens is 460 g/mol. The lowest BCUT2D eigenvalue weighted by atomic mass is 9.93. The van der Waals surface area contributed by atoms with Gasteiger partial charge in [0.1, 0.15) is 0 Å². The predicted octanol–water partition coefficient (Wildman–Crippen LogP) is 7.18. The summed E-state index contributed by atoms with van der Waals surface area (Å²) in [5.74, 6) is 1.01. The zero-order valence-corrected chi connectivity index (χ0v) is 19.8. The van der Waals surface area contributed by atoms with Crippen molar-refractivity contribution in [2.24, 2.45) is 0 Å². The third kappa shape index (κ3) is 4.18. The first kappa shape index (κ1) is 19.6. The van der Waals surface area contributed by atoms with Gasteiger partial charge in [-0.15, -0.1) is 21.5 Å². The van der Waals surface area contributed by atoms with Crippen molar-refractivity contribution < 1.29 is 0 Å². The molecule has 0 saturated heterocycles. The van der Waals surface area contributed by atoms with E-state index in [0.717, 1.165) is 24.8 Å². The van der Waals surface area contributed by atoms with Gasteiger partial charge in [0.15, 0.2) is 15.3 Å². The first-order valence-electron chi connectivity index (χ1n) is 9.27. The number of nitrogens with zero attached hydrogens (tertiary/aromatic N) is 4. The summed E-state index contributed by atoms with van der Waals surface area (Å²) in [4.78, 5) is 6.08. The highest BCUT2D eigenvalue weighted by molar-refractivity contribution is 9.11. The lowest BCUT2D eigenvalue weighted by Crippen LogP contribution is -2.15. The van der Waals surface area contributed by atoms with Gasteiger partial charge in [-0.3, -0.25) is 4.57 Å². The van der Waals surface area contributed by atoms with Crippen LogP contribution in [0.3, 0.4) is 0 Å². The summed E-state index contributed by atoms with van der Waals surface area (Å²) >= 11 is 8.77. The molecule has 1 aliphatic carbocycles. The van der Waals surface area contributed by atoms with E-state index >= 15 is 0 Å². The first-order valence-corrected chi connectivity index (χ1v) is 12.6. The zero-order chi connectivity index (χ0) is 19.0. The van der Waals surface area contributed by atoms with E-state index in [2.05, 4.69) is 69.0 Å². The van der Waals surface area contributed by atoms with Gasteiger partial charge in [0.2, 0.25) is 0 Å². The summed E-state index contributed by atoms with van der Waals surface area (Å²) in [6.45, 7) is 6.59. The Morgan fingerprint density at radius 2 is 1.96 bits per heavy atom. The zero-order valence-electron chi connectivity index (χ0n) is 15.7. The number of hydrogen-bond donors (Lipinski definition) is 0. The molecule has 3 aromatic heterocycles. The maximum Gasteiger partial charge on any atom is 0.198 e. The lowest BCUT2D eigenvalue weighted by Gasteiger charge is -2.25. The highest BCUT2D eigenvalue weighted by atomic mass is 79.9. The van der Waals surface area contributed by atoms with Crippen LogP contribution in [0.2, 0.25) is 0 Å². The largest absolute Gasteiger partial charge is 0.298 e. The van der Waals surface area contributed by atoms with E-state index in [1.54, 1.807) is 34.4 Å². The third-order valence-corrected chi connectivity index (χ3v) is 8.39. The van der Waals surface area contributed by atoms with E-state index in [1.165, 1.54) is 37.0 Å². The van der Waals surface area contributed by atoms with Crippen LogP contribution >= 0.6 is 50.4 Å². The fraction of sp³-hybridized carbons (Fsp3) is 0.526. The molecule has 1 aliphatic rings. The highest BCUT2D eigenvalue weighted by Crippen LogP contribution is 2.42. The van der Waals surface area contributed by atoms with Crippen LogP contribution in [0.4, 0.5) is 0 Å². The molecule has 27 heavy (non-hydrogen) atoms. The molecule has 8 heteroatoms. The molecule has 0 unspecified atom stereocenters. The first-order chi connectivity index (χ1) is 12.9. The molecule has 0 atom stereocenters. The summed E-state index contributed by atoms with van der Waals surface area (Å²) in [7, 11) is 0. The quantitative estimate of drug-likeness (QED) is 0.394. The van der Waals surface area contributed by atoms with Crippen LogP contribution in [0.25, 0.3) is 10.7 Å². The van der Waals surface area contributed by atoms with Crippen LogP contribution < -0.4 is 0 Å². The molecule has 1 fully saturated rings. The Labute approximate surface area is 181 Å². The minimum Gasteiger partial charge on any atom is -0.298 e. The number of hydrogen-bond acceptors (Lipinski definition) is 6. The number of thiazole rings is 1. The van der Waals surface area contributed by atoms with Crippen molar-refractivity contribution in [3.63, 3.8) is 0 Å². The Kier molecular flexibility index (Phi) is 5.79. The molecule has 3 heterocycles. The molecule has 1 saturated carbocycles.